The van der Waals surface area contributed by atoms with Crippen molar-refractivity contribution in [3.05, 3.63) is 27.0 Å². The summed E-state index contributed by atoms with van der Waals surface area (Å²) in [5.41, 5.74) is 12.3. The lowest BCUT2D eigenvalue weighted by Gasteiger charge is -2.05. The Morgan fingerprint density at radius 1 is 0.944 bits per heavy atom. The maximum atomic E-state index is 11.2. The molecule has 0 aliphatic heterocycles. The van der Waals surface area contributed by atoms with Gasteiger partial charge in [-0.25, -0.2) is 4.98 Å². The third kappa shape index (κ3) is 1.36. The number of fused-ring (bicyclic) bond motifs is 2. The van der Waals surface area contributed by atoms with Crippen molar-refractivity contribution in [1.82, 2.24) is 19.9 Å². The van der Waals surface area contributed by atoms with Gasteiger partial charge in [-0.1, -0.05) is 0 Å². The van der Waals surface area contributed by atoms with Gasteiger partial charge in [-0.2, -0.15) is 0 Å². The van der Waals surface area contributed by atoms with Crippen molar-refractivity contribution in [1.29, 1.82) is 0 Å². The van der Waals surface area contributed by atoms with Crippen molar-refractivity contribution < 1.29 is 0 Å². The highest BCUT2D eigenvalue weighted by atomic mass is 35.5. The zero-order valence-corrected chi connectivity index (χ0v) is 9.72. The standard InChI is InChI=1S/C9H8N6O2.ClH/c10-2-4-5(13-1-12-4)3(11)7-6(2)14-8(16)9(17)15-7;/h1H,10-11H2,(H,12,13)(H,14,16)(H,15,17);1H. The number of aromatic amines is 3. The lowest BCUT2D eigenvalue weighted by atomic mass is 10.2. The average Bonchev–Trinajstić information content (AvgIpc) is 2.78. The van der Waals surface area contributed by atoms with Gasteiger partial charge in [0.1, 0.15) is 5.52 Å². The largest absolute Gasteiger partial charge is 0.395 e. The summed E-state index contributed by atoms with van der Waals surface area (Å²) in [4.78, 5) is 34.1. The molecule has 0 amide bonds. The molecule has 1 aromatic carbocycles. The lowest BCUT2D eigenvalue weighted by Crippen LogP contribution is -2.29. The first-order valence-electron chi connectivity index (χ1n) is 4.76. The van der Waals surface area contributed by atoms with Crippen LogP contribution in [0.4, 0.5) is 11.4 Å². The van der Waals surface area contributed by atoms with E-state index in [2.05, 4.69) is 19.9 Å². The zero-order valence-electron chi connectivity index (χ0n) is 8.90. The summed E-state index contributed by atoms with van der Waals surface area (Å²) in [6.07, 6.45) is 1.44. The zero-order chi connectivity index (χ0) is 12.2. The highest BCUT2D eigenvalue weighted by Crippen LogP contribution is 2.30. The Balaban J connectivity index is 0.00000120. The van der Waals surface area contributed by atoms with Gasteiger partial charge >= 0.3 is 11.1 Å². The SMILES string of the molecule is Cl.Nc1c2nc[nH]c2c(N)c2[nH]c(=O)c(=O)[nH]c12. The Kier molecular flexibility index (Phi) is 2.51. The molecular formula is C9H9ClN6O2. The third-order valence-corrected chi connectivity index (χ3v) is 2.64. The van der Waals surface area contributed by atoms with E-state index < -0.39 is 11.1 Å². The number of anilines is 2. The van der Waals surface area contributed by atoms with Gasteiger partial charge in [0.05, 0.1) is 34.3 Å². The molecule has 0 atom stereocenters. The van der Waals surface area contributed by atoms with E-state index in [-0.39, 0.29) is 29.3 Å². The molecule has 3 aromatic rings. The number of nitrogens with one attached hydrogen (secondary N) is 3. The van der Waals surface area contributed by atoms with Crippen LogP contribution in [-0.2, 0) is 0 Å². The number of halogens is 1. The van der Waals surface area contributed by atoms with Gasteiger partial charge in [0, 0.05) is 0 Å². The molecule has 2 heterocycles. The van der Waals surface area contributed by atoms with Crippen LogP contribution in [0.3, 0.4) is 0 Å². The molecule has 0 fully saturated rings. The number of nitrogens with zero attached hydrogens (tertiary/aromatic N) is 1. The van der Waals surface area contributed by atoms with Crippen LogP contribution in [-0.4, -0.2) is 19.9 Å². The van der Waals surface area contributed by atoms with E-state index in [1.807, 2.05) is 0 Å². The second-order valence-electron chi connectivity index (χ2n) is 3.61. The average molecular weight is 269 g/mol. The van der Waals surface area contributed by atoms with Crippen LogP contribution in [0.1, 0.15) is 0 Å². The van der Waals surface area contributed by atoms with E-state index in [9.17, 15) is 9.59 Å². The molecule has 9 heteroatoms. The molecule has 7 N–H and O–H groups in total. The summed E-state index contributed by atoms with van der Waals surface area (Å²) in [5.74, 6) is 0. The molecule has 0 bridgehead atoms. The monoisotopic (exact) mass is 268 g/mol. The predicted octanol–water partition coefficient (Wildman–Crippen LogP) is -0.321. The molecule has 0 aliphatic rings. The number of imidazole rings is 1. The normalized spacial score (nSPS) is 10.7. The minimum absolute atomic E-state index is 0. The molecular weight excluding hydrogens is 260 g/mol. The fraction of sp³-hybridized carbons (Fsp3) is 0. The number of aromatic nitrogens is 4. The molecule has 8 nitrogen and oxygen atoms in total. The maximum absolute atomic E-state index is 11.2. The Morgan fingerprint density at radius 3 is 2.11 bits per heavy atom. The minimum atomic E-state index is -0.779. The fourth-order valence-corrected chi connectivity index (χ4v) is 1.82. The fourth-order valence-electron chi connectivity index (χ4n) is 1.82. The van der Waals surface area contributed by atoms with E-state index in [0.717, 1.165) is 0 Å². The van der Waals surface area contributed by atoms with E-state index in [1.165, 1.54) is 6.33 Å². The second-order valence-corrected chi connectivity index (χ2v) is 3.61. The topological polar surface area (TPSA) is 146 Å². The number of nitrogen functional groups attached to an aromatic ring is 2. The number of hydrogen-bond acceptors (Lipinski definition) is 5. The summed E-state index contributed by atoms with van der Waals surface area (Å²) < 4.78 is 0. The van der Waals surface area contributed by atoms with Crippen molar-refractivity contribution >= 4 is 45.8 Å². The van der Waals surface area contributed by atoms with Crippen LogP contribution >= 0.6 is 12.4 Å². The number of benzene rings is 1. The van der Waals surface area contributed by atoms with Crippen molar-refractivity contribution in [2.45, 2.75) is 0 Å². The summed E-state index contributed by atoms with van der Waals surface area (Å²) in [5, 5.41) is 0. The smallest absolute Gasteiger partial charge is 0.314 e. The Bertz CT molecular complexity index is 791. The first-order chi connectivity index (χ1) is 8.09. The van der Waals surface area contributed by atoms with Crippen molar-refractivity contribution in [2.75, 3.05) is 11.5 Å². The van der Waals surface area contributed by atoms with Gasteiger partial charge in [-0.05, 0) is 0 Å². The van der Waals surface area contributed by atoms with Gasteiger partial charge in [-0.3, -0.25) is 9.59 Å². The van der Waals surface area contributed by atoms with Crippen molar-refractivity contribution in [2.24, 2.45) is 0 Å². The first-order valence-corrected chi connectivity index (χ1v) is 4.76. The van der Waals surface area contributed by atoms with Gasteiger partial charge < -0.3 is 26.4 Å². The number of H-pyrrole nitrogens is 3. The maximum Gasteiger partial charge on any atom is 0.314 e. The molecule has 2 aromatic heterocycles. The lowest BCUT2D eigenvalue weighted by molar-refractivity contribution is 1.15. The Hall–Kier alpha value is -2.48. The Morgan fingerprint density at radius 2 is 1.50 bits per heavy atom. The van der Waals surface area contributed by atoms with E-state index in [1.54, 1.807) is 0 Å². The second kappa shape index (κ2) is 3.77. The predicted molar refractivity (Wildman–Crippen MR) is 70.9 cm³/mol. The van der Waals surface area contributed by atoms with Crippen LogP contribution in [0.5, 0.6) is 0 Å². The van der Waals surface area contributed by atoms with Crippen LogP contribution in [0.25, 0.3) is 22.1 Å². The van der Waals surface area contributed by atoms with E-state index >= 15 is 0 Å². The summed E-state index contributed by atoms with van der Waals surface area (Å²) >= 11 is 0. The molecule has 18 heavy (non-hydrogen) atoms. The molecule has 0 aliphatic carbocycles. The van der Waals surface area contributed by atoms with Crippen LogP contribution in [0.15, 0.2) is 15.9 Å². The van der Waals surface area contributed by atoms with Gasteiger partial charge in [-0.15, -0.1) is 12.4 Å². The van der Waals surface area contributed by atoms with Crippen LogP contribution in [0, 0.1) is 0 Å². The number of hydrogen-bond donors (Lipinski definition) is 5. The minimum Gasteiger partial charge on any atom is -0.395 e. The van der Waals surface area contributed by atoms with Crippen LogP contribution in [0.2, 0.25) is 0 Å². The van der Waals surface area contributed by atoms with Crippen LogP contribution < -0.4 is 22.6 Å². The molecule has 0 saturated heterocycles. The highest BCUT2D eigenvalue weighted by molar-refractivity contribution is 6.12. The molecule has 0 saturated carbocycles. The molecule has 3 rings (SSSR count). The quantitative estimate of drug-likeness (QED) is 0.215. The van der Waals surface area contributed by atoms with Crippen molar-refractivity contribution in [3.8, 4) is 0 Å². The summed E-state index contributed by atoms with van der Waals surface area (Å²) in [6, 6.07) is 0. The highest BCUT2D eigenvalue weighted by Gasteiger charge is 2.14. The molecule has 0 unspecified atom stereocenters. The summed E-state index contributed by atoms with van der Waals surface area (Å²) in [7, 11) is 0. The summed E-state index contributed by atoms with van der Waals surface area (Å²) in [6.45, 7) is 0. The number of nitrogens with two attached hydrogens (primary N) is 2. The first kappa shape index (κ1) is 12.0. The van der Waals surface area contributed by atoms with Gasteiger partial charge in [0.15, 0.2) is 0 Å². The molecule has 0 radical (unpaired) electrons. The number of rotatable bonds is 0. The third-order valence-electron chi connectivity index (χ3n) is 2.64. The van der Waals surface area contributed by atoms with Gasteiger partial charge in [0.25, 0.3) is 0 Å². The van der Waals surface area contributed by atoms with E-state index in [0.29, 0.717) is 16.6 Å². The van der Waals surface area contributed by atoms with Crippen molar-refractivity contribution in [3.63, 3.8) is 0 Å². The molecule has 94 valence electrons. The molecule has 0 spiro atoms. The van der Waals surface area contributed by atoms with Gasteiger partial charge in [0.2, 0.25) is 0 Å². The van der Waals surface area contributed by atoms with E-state index in [4.69, 9.17) is 11.5 Å². The Labute approximate surface area is 105 Å².